The van der Waals surface area contributed by atoms with E-state index in [0.717, 1.165) is 12.3 Å². The Labute approximate surface area is 89.7 Å². The third-order valence-electron chi connectivity index (χ3n) is 1.76. The number of nitrogens with zero attached hydrogens (tertiary/aromatic N) is 1. The number of rotatable bonds is 4. The number of hydrogen-bond acceptors (Lipinski definition) is 4. The summed E-state index contributed by atoms with van der Waals surface area (Å²) in [4.78, 5) is 25.0. The van der Waals surface area contributed by atoms with Crippen LogP contribution in [0.1, 0.15) is 10.4 Å². The van der Waals surface area contributed by atoms with Crippen molar-refractivity contribution in [1.82, 2.24) is 10.3 Å². The molecule has 0 aromatic carbocycles. The fourth-order valence-corrected chi connectivity index (χ4v) is 0.931. The number of halogens is 1. The lowest BCUT2D eigenvalue weighted by atomic mass is 10.2. The fourth-order valence-electron chi connectivity index (χ4n) is 0.931. The Morgan fingerprint density at radius 2 is 2.25 bits per heavy atom. The molecule has 6 nitrogen and oxygen atoms in total. The zero-order chi connectivity index (χ0) is 12.1. The molecular formula is C9H9FN2O4. The van der Waals surface area contributed by atoms with Crippen LogP contribution in [0.5, 0.6) is 0 Å². The van der Waals surface area contributed by atoms with Crippen molar-refractivity contribution >= 4 is 11.9 Å². The molecule has 1 aromatic heterocycles. The molecule has 1 aromatic rings. The number of amides is 1. The number of aliphatic hydroxyl groups excluding tert-OH is 1. The van der Waals surface area contributed by atoms with E-state index >= 15 is 0 Å². The first-order valence-electron chi connectivity index (χ1n) is 4.31. The number of aromatic nitrogens is 1. The van der Waals surface area contributed by atoms with Gasteiger partial charge in [0.25, 0.3) is 5.91 Å². The molecule has 0 bridgehead atoms. The Hall–Kier alpha value is -2.02. The summed E-state index contributed by atoms with van der Waals surface area (Å²) in [6.07, 6.45) is 0.377. The van der Waals surface area contributed by atoms with Gasteiger partial charge in [-0.3, -0.25) is 9.78 Å². The van der Waals surface area contributed by atoms with Gasteiger partial charge in [-0.2, -0.15) is 0 Å². The molecule has 7 heteroatoms. The molecule has 1 heterocycles. The second-order valence-corrected chi connectivity index (χ2v) is 2.92. The first kappa shape index (κ1) is 12.1. The van der Waals surface area contributed by atoms with Gasteiger partial charge in [0.05, 0.1) is 18.3 Å². The van der Waals surface area contributed by atoms with E-state index in [0.29, 0.717) is 0 Å². The predicted octanol–water partition coefficient (Wildman–Crippen LogP) is -0.604. The van der Waals surface area contributed by atoms with Gasteiger partial charge < -0.3 is 15.5 Å². The first-order chi connectivity index (χ1) is 7.52. The Kier molecular flexibility index (Phi) is 3.90. The highest BCUT2D eigenvalue weighted by atomic mass is 19.1. The van der Waals surface area contributed by atoms with Crippen molar-refractivity contribution in [3.63, 3.8) is 0 Å². The molecule has 16 heavy (non-hydrogen) atoms. The van der Waals surface area contributed by atoms with Crippen molar-refractivity contribution in [3.8, 4) is 0 Å². The van der Waals surface area contributed by atoms with Gasteiger partial charge >= 0.3 is 5.97 Å². The van der Waals surface area contributed by atoms with Crippen LogP contribution < -0.4 is 5.32 Å². The van der Waals surface area contributed by atoms with Crippen molar-refractivity contribution in [1.29, 1.82) is 0 Å². The number of aliphatic hydroxyl groups is 1. The molecule has 0 radical (unpaired) electrons. The van der Waals surface area contributed by atoms with E-state index < -0.39 is 30.3 Å². The Morgan fingerprint density at radius 1 is 1.56 bits per heavy atom. The summed E-state index contributed by atoms with van der Waals surface area (Å²) in [6.45, 7) is -0.490. The second-order valence-electron chi connectivity index (χ2n) is 2.92. The number of aliphatic carboxylic acids is 1. The van der Waals surface area contributed by atoms with E-state index in [-0.39, 0.29) is 5.56 Å². The maximum absolute atomic E-state index is 13.0. The maximum atomic E-state index is 13.0. The highest BCUT2D eigenvalue weighted by Gasteiger charge is 2.16. The van der Waals surface area contributed by atoms with Gasteiger partial charge in [-0.25, -0.2) is 9.18 Å². The normalized spacial score (nSPS) is 11.9. The molecule has 3 N–H and O–H groups in total. The average Bonchev–Trinajstić information content (AvgIpc) is 2.25. The summed E-state index contributed by atoms with van der Waals surface area (Å²) in [7, 11) is 0. The smallest absolute Gasteiger partial charge is 0.334 e. The lowest BCUT2D eigenvalue weighted by Crippen LogP contribution is -2.36. The molecule has 86 valence electrons. The SMILES string of the molecule is O=C(NC[C@H](O)C(=O)O)c1ccncc1F. The molecule has 1 amide bonds. The molecule has 0 saturated heterocycles. The molecule has 0 fully saturated rings. The molecule has 0 unspecified atom stereocenters. The van der Waals surface area contributed by atoms with E-state index in [9.17, 15) is 14.0 Å². The van der Waals surface area contributed by atoms with Gasteiger partial charge in [0.1, 0.15) is 0 Å². The average molecular weight is 228 g/mol. The van der Waals surface area contributed by atoms with Gasteiger partial charge in [-0.1, -0.05) is 0 Å². The van der Waals surface area contributed by atoms with Crippen molar-refractivity contribution in [2.45, 2.75) is 6.10 Å². The van der Waals surface area contributed by atoms with Crippen molar-refractivity contribution in [3.05, 3.63) is 29.8 Å². The van der Waals surface area contributed by atoms with Crippen LogP contribution in [-0.4, -0.2) is 39.7 Å². The summed E-state index contributed by atoms with van der Waals surface area (Å²) in [5, 5.41) is 19.3. The van der Waals surface area contributed by atoms with Crippen molar-refractivity contribution in [2.24, 2.45) is 0 Å². The van der Waals surface area contributed by atoms with Gasteiger partial charge in [0.2, 0.25) is 0 Å². The molecule has 0 aliphatic rings. The number of carbonyl (C=O) groups is 2. The minimum Gasteiger partial charge on any atom is -0.479 e. The minimum absolute atomic E-state index is 0.257. The van der Waals surface area contributed by atoms with Crippen LogP contribution >= 0.6 is 0 Å². The van der Waals surface area contributed by atoms with Crippen LogP contribution in [0.4, 0.5) is 4.39 Å². The maximum Gasteiger partial charge on any atom is 0.334 e. The number of nitrogens with one attached hydrogen (secondary N) is 1. The van der Waals surface area contributed by atoms with Crippen LogP contribution in [-0.2, 0) is 4.79 Å². The number of hydrogen-bond donors (Lipinski definition) is 3. The topological polar surface area (TPSA) is 99.5 Å². The predicted molar refractivity (Wildman–Crippen MR) is 50.2 cm³/mol. The molecule has 1 atom stereocenters. The quantitative estimate of drug-likeness (QED) is 0.638. The lowest BCUT2D eigenvalue weighted by Gasteiger charge is -2.07. The summed E-state index contributed by atoms with van der Waals surface area (Å²) >= 11 is 0. The molecule has 1 rings (SSSR count). The number of pyridine rings is 1. The van der Waals surface area contributed by atoms with E-state index in [2.05, 4.69) is 10.3 Å². The van der Waals surface area contributed by atoms with E-state index in [4.69, 9.17) is 10.2 Å². The molecule has 0 saturated carbocycles. The summed E-state index contributed by atoms with van der Waals surface area (Å²) in [6, 6.07) is 1.15. The molecule has 0 aliphatic carbocycles. The highest BCUT2D eigenvalue weighted by Crippen LogP contribution is 2.03. The summed E-state index contributed by atoms with van der Waals surface area (Å²) < 4.78 is 13.0. The van der Waals surface area contributed by atoms with E-state index in [1.165, 1.54) is 6.20 Å². The standard InChI is InChI=1S/C9H9FN2O4/c10-6-3-11-2-1-5(6)8(14)12-4-7(13)9(15)16/h1-3,7,13H,4H2,(H,12,14)(H,15,16)/t7-/m0/s1. The van der Waals surface area contributed by atoms with Crippen molar-refractivity contribution < 1.29 is 24.2 Å². The van der Waals surface area contributed by atoms with Crippen LogP contribution in [0.15, 0.2) is 18.5 Å². The molecular weight excluding hydrogens is 219 g/mol. The van der Waals surface area contributed by atoms with Crippen LogP contribution in [0.25, 0.3) is 0 Å². The van der Waals surface area contributed by atoms with Gasteiger partial charge in [-0.15, -0.1) is 0 Å². The Bertz CT molecular complexity index is 410. The van der Waals surface area contributed by atoms with Gasteiger partial charge in [-0.05, 0) is 6.07 Å². The third kappa shape index (κ3) is 2.99. The zero-order valence-electron chi connectivity index (χ0n) is 8.05. The Balaban J connectivity index is 2.60. The van der Waals surface area contributed by atoms with E-state index in [1.807, 2.05) is 0 Å². The van der Waals surface area contributed by atoms with Crippen LogP contribution in [0.2, 0.25) is 0 Å². The molecule has 0 aliphatic heterocycles. The fraction of sp³-hybridized carbons (Fsp3) is 0.222. The monoisotopic (exact) mass is 228 g/mol. The van der Waals surface area contributed by atoms with Crippen molar-refractivity contribution in [2.75, 3.05) is 6.54 Å². The second kappa shape index (κ2) is 5.17. The number of carboxylic acid groups (broad SMARTS) is 1. The zero-order valence-corrected chi connectivity index (χ0v) is 8.05. The summed E-state index contributed by atoms with van der Waals surface area (Å²) in [5.41, 5.74) is -0.257. The molecule has 0 spiro atoms. The lowest BCUT2D eigenvalue weighted by molar-refractivity contribution is -0.146. The third-order valence-corrected chi connectivity index (χ3v) is 1.76. The largest absolute Gasteiger partial charge is 0.479 e. The van der Waals surface area contributed by atoms with Gasteiger partial charge in [0.15, 0.2) is 11.9 Å². The highest BCUT2D eigenvalue weighted by molar-refractivity contribution is 5.94. The number of carboxylic acids is 1. The summed E-state index contributed by atoms with van der Waals surface area (Å²) in [5.74, 6) is -3.08. The minimum atomic E-state index is -1.71. The van der Waals surface area contributed by atoms with E-state index in [1.54, 1.807) is 0 Å². The van der Waals surface area contributed by atoms with Crippen LogP contribution in [0, 0.1) is 5.82 Å². The van der Waals surface area contributed by atoms with Gasteiger partial charge in [0, 0.05) is 6.20 Å². The first-order valence-corrected chi connectivity index (χ1v) is 4.31. The number of carbonyl (C=O) groups excluding carboxylic acids is 1. The Morgan fingerprint density at radius 3 is 2.81 bits per heavy atom. The van der Waals surface area contributed by atoms with Crippen LogP contribution in [0.3, 0.4) is 0 Å².